The molecule has 0 saturated heterocycles. The van der Waals surface area contributed by atoms with E-state index in [0.717, 1.165) is 6.08 Å². The average molecular weight is 283 g/mol. The molecule has 3 rings (SSSR count). The number of carbonyl (C=O) groups is 1. The Morgan fingerprint density at radius 3 is 2.76 bits per heavy atom. The lowest BCUT2D eigenvalue weighted by atomic mass is 10.1. The molecule has 0 saturated carbocycles. The van der Waals surface area contributed by atoms with Gasteiger partial charge in [-0.25, -0.2) is 18.7 Å². The number of benzene rings is 1. The van der Waals surface area contributed by atoms with Gasteiger partial charge in [0, 0.05) is 29.6 Å². The SMILES string of the molecule is O=C(O)/C=C/c1c(-c2ccc(F)cc2)nn2cccnc12. The summed E-state index contributed by atoms with van der Waals surface area (Å²) >= 11 is 0. The smallest absolute Gasteiger partial charge is 0.328 e. The topological polar surface area (TPSA) is 67.5 Å². The maximum absolute atomic E-state index is 13.0. The minimum Gasteiger partial charge on any atom is -0.478 e. The summed E-state index contributed by atoms with van der Waals surface area (Å²) in [6.45, 7) is 0. The van der Waals surface area contributed by atoms with E-state index in [0.29, 0.717) is 22.5 Å². The van der Waals surface area contributed by atoms with Crippen LogP contribution >= 0.6 is 0 Å². The summed E-state index contributed by atoms with van der Waals surface area (Å²) < 4.78 is 14.6. The molecule has 0 radical (unpaired) electrons. The molecule has 0 aliphatic carbocycles. The van der Waals surface area contributed by atoms with Gasteiger partial charge in [-0.05, 0) is 36.4 Å². The van der Waals surface area contributed by atoms with Crippen molar-refractivity contribution in [2.75, 3.05) is 0 Å². The van der Waals surface area contributed by atoms with E-state index in [1.807, 2.05) is 0 Å². The maximum Gasteiger partial charge on any atom is 0.328 e. The van der Waals surface area contributed by atoms with Crippen molar-refractivity contribution in [3.05, 3.63) is 60.2 Å². The highest BCUT2D eigenvalue weighted by Gasteiger charge is 2.13. The third kappa shape index (κ3) is 2.51. The number of hydrogen-bond donors (Lipinski definition) is 1. The van der Waals surface area contributed by atoms with Gasteiger partial charge in [0.15, 0.2) is 5.65 Å². The van der Waals surface area contributed by atoms with E-state index in [4.69, 9.17) is 5.11 Å². The number of nitrogens with zero attached hydrogens (tertiary/aromatic N) is 3. The number of halogens is 1. The lowest BCUT2D eigenvalue weighted by molar-refractivity contribution is -0.131. The average Bonchev–Trinajstić information content (AvgIpc) is 2.84. The Morgan fingerprint density at radius 2 is 2.05 bits per heavy atom. The van der Waals surface area contributed by atoms with Gasteiger partial charge in [-0.15, -0.1) is 0 Å². The molecule has 0 amide bonds. The highest BCUT2D eigenvalue weighted by atomic mass is 19.1. The molecular weight excluding hydrogens is 273 g/mol. The van der Waals surface area contributed by atoms with Gasteiger partial charge in [0.2, 0.25) is 0 Å². The molecule has 0 aliphatic heterocycles. The lowest BCUT2D eigenvalue weighted by Gasteiger charge is -1.98. The van der Waals surface area contributed by atoms with Crippen LogP contribution in [0, 0.1) is 5.82 Å². The van der Waals surface area contributed by atoms with E-state index in [-0.39, 0.29) is 5.82 Å². The van der Waals surface area contributed by atoms with E-state index in [1.165, 1.54) is 18.2 Å². The summed E-state index contributed by atoms with van der Waals surface area (Å²) in [6, 6.07) is 7.57. The Morgan fingerprint density at radius 1 is 1.29 bits per heavy atom. The molecule has 104 valence electrons. The minimum absolute atomic E-state index is 0.344. The monoisotopic (exact) mass is 283 g/mol. The molecule has 2 heterocycles. The van der Waals surface area contributed by atoms with Crippen molar-refractivity contribution >= 4 is 17.7 Å². The normalized spacial score (nSPS) is 11.3. The zero-order chi connectivity index (χ0) is 14.8. The molecule has 1 aromatic carbocycles. The number of aromatic nitrogens is 3. The van der Waals surface area contributed by atoms with Crippen LogP contribution in [0.15, 0.2) is 48.8 Å². The molecule has 0 aliphatic rings. The quantitative estimate of drug-likeness (QED) is 0.750. The zero-order valence-electron chi connectivity index (χ0n) is 10.8. The second kappa shape index (κ2) is 5.16. The molecule has 6 heteroatoms. The first-order valence-electron chi connectivity index (χ1n) is 6.15. The van der Waals surface area contributed by atoms with Crippen molar-refractivity contribution in [1.29, 1.82) is 0 Å². The van der Waals surface area contributed by atoms with Crippen molar-refractivity contribution in [2.24, 2.45) is 0 Å². The van der Waals surface area contributed by atoms with Crippen molar-refractivity contribution < 1.29 is 14.3 Å². The van der Waals surface area contributed by atoms with Crippen LogP contribution in [0.3, 0.4) is 0 Å². The van der Waals surface area contributed by atoms with Gasteiger partial charge in [0.1, 0.15) is 11.5 Å². The fraction of sp³-hybridized carbons (Fsp3) is 0. The maximum atomic E-state index is 13.0. The first-order valence-corrected chi connectivity index (χ1v) is 6.15. The van der Waals surface area contributed by atoms with Crippen LogP contribution in [0.2, 0.25) is 0 Å². The first-order chi connectivity index (χ1) is 10.1. The standard InChI is InChI=1S/C15H10FN3O2/c16-11-4-2-10(3-5-11)14-12(6-7-13(20)21)15-17-8-1-9-19(15)18-14/h1-9H,(H,20,21)/b7-6+. The van der Waals surface area contributed by atoms with Crippen LogP contribution in [0.4, 0.5) is 4.39 Å². The Kier molecular flexibility index (Phi) is 3.19. The molecule has 0 spiro atoms. The predicted molar refractivity (Wildman–Crippen MR) is 75.1 cm³/mol. The van der Waals surface area contributed by atoms with E-state index in [1.54, 1.807) is 35.1 Å². The Balaban J connectivity index is 2.23. The number of carboxylic acids is 1. The predicted octanol–water partition coefficient (Wildman–Crippen LogP) is 2.63. The van der Waals surface area contributed by atoms with Crippen molar-refractivity contribution in [2.45, 2.75) is 0 Å². The van der Waals surface area contributed by atoms with E-state index in [2.05, 4.69) is 10.1 Å². The number of aliphatic carboxylic acids is 1. The largest absolute Gasteiger partial charge is 0.478 e. The van der Waals surface area contributed by atoms with Crippen LogP contribution in [0.25, 0.3) is 23.0 Å². The van der Waals surface area contributed by atoms with Crippen LogP contribution in [0.5, 0.6) is 0 Å². The fourth-order valence-electron chi connectivity index (χ4n) is 2.03. The third-order valence-corrected chi connectivity index (χ3v) is 2.94. The summed E-state index contributed by atoms with van der Waals surface area (Å²) in [5, 5.41) is 13.2. The highest BCUT2D eigenvalue weighted by Crippen LogP contribution is 2.26. The second-order valence-corrected chi connectivity index (χ2v) is 4.33. The summed E-state index contributed by atoms with van der Waals surface area (Å²) in [5.74, 6) is -1.40. The minimum atomic E-state index is -1.06. The van der Waals surface area contributed by atoms with Gasteiger partial charge in [0.05, 0.1) is 0 Å². The molecular formula is C15H10FN3O2. The fourth-order valence-corrected chi connectivity index (χ4v) is 2.03. The van der Waals surface area contributed by atoms with Gasteiger partial charge in [0.25, 0.3) is 0 Å². The molecule has 1 N–H and O–H groups in total. The molecule has 2 aromatic heterocycles. The van der Waals surface area contributed by atoms with Crippen LogP contribution < -0.4 is 0 Å². The van der Waals surface area contributed by atoms with E-state index >= 15 is 0 Å². The van der Waals surface area contributed by atoms with Gasteiger partial charge < -0.3 is 5.11 Å². The molecule has 0 unspecified atom stereocenters. The molecule has 0 fully saturated rings. The zero-order valence-corrected chi connectivity index (χ0v) is 10.8. The molecule has 21 heavy (non-hydrogen) atoms. The van der Waals surface area contributed by atoms with Gasteiger partial charge in [-0.1, -0.05) is 0 Å². The van der Waals surface area contributed by atoms with E-state index < -0.39 is 5.97 Å². The highest BCUT2D eigenvalue weighted by molar-refractivity contribution is 5.90. The van der Waals surface area contributed by atoms with Gasteiger partial charge in [-0.2, -0.15) is 5.10 Å². The molecule has 5 nitrogen and oxygen atoms in total. The summed E-state index contributed by atoms with van der Waals surface area (Å²) in [5.41, 5.74) is 2.34. The van der Waals surface area contributed by atoms with Crippen LogP contribution in [-0.4, -0.2) is 25.7 Å². The van der Waals surface area contributed by atoms with E-state index in [9.17, 15) is 9.18 Å². The van der Waals surface area contributed by atoms with Crippen LogP contribution in [-0.2, 0) is 4.79 Å². The first kappa shape index (κ1) is 13.0. The molecule has 3 aromatic rings. The number of rotatable bonds is 3. The lowest BCUT2D eigenvalue weighted by Crippen LogP contribution is -1.88. The Labute approximate surface area is 119 Å². The summed E-state index contributed by atoms with van der Waals surface area (Å²) in [4.78, 5) is 14.9. The van der Waals surface area contributed by atoms with Gasteiger partial charge in [-0.3, -0.25) is 0 Å². The third-order valence-electron chi connectivity index (χ3n) is 2.94. The number of carboxylic acid groups (broad SMARTS) is 1. The second-order valence-electron chi connectivity index (χ2n) is 4.33. The van der Waals surface area contributed by atoms with Crippen molar-refractivity contribution in [1.82, 2.24) is 14.6 Å². The van der Waals surface area contributed by atoms with Gasteiger partial charge >= 0.3 is 5.97 Å². The Bertz CT molecular complexity index is 838. The number of fused-ring (bicyclic) bond motifs is 1. The number of hydrogen-bond acceptors (Lipinski definition) is 3. The Hall–Kier alpha value is -3.02. The summed E-state index contributed by atoms with van der Waals surface area (Å²) in [7, 11) is 0. The van der Waals surface area contributed by atoms with Crippen molar-refractivity contribution in [3.63, 3.8) is 0 Å². The molecule has 0 bridgehead atoms. The summed E-state index contributed by atoms with van der Waals surface area (Å²) in [6.07, 6.45) is 5.78. The molecule has 0 atom stereocenters. The van der Waals surface area contributed by atoms with Crippen molar-refractivity contribution in [3.8, 4) is 11.3 Å². The van der Waals surface area contributed by atoms with Crippen LogP contribution in [0.1, 0.15) is 5.56 Å².